The lowest BCUT2D eigenvalue weighted by Gasteiger charge is -2.03. The van der Waals surface area contributed by atoms with Crippen molar-refractivity contribution in [1.29, 1.82) is 0 Å². The molecule has 7 nitrogen and oxygen atoms in total. The molecule has 0 unspecified atom stereocenters. The maximum Gasteiger partial charge on any atom is 0.246 e. The van der Waals surface area contributed by atoms with E-state index in [9.17, 15) is 8.42 Å². The molecular weight excluding hydrogens is 298 g/mol. The van der Waals surface area contributed by atoms with Crippen LogP contribution in [0, 0.1) is 6.92 Å². The molecule has 9 heteroatoms. The minimum Gasteiger partial charge on any atom is -0.381 e. The number of aromatic nitrogens is 3. The minimum absolute atomic E-state index is 0.0132. The highest BCUT2D eigenvalue weighted by Gasteiger charge is 2.21. The maximum absolute atomic E-state index is 12.2. The number of nitrogen functional groups attached to an aromatic ring is 1. The van der Waals surface area contributed by atoms with Gasteiger partial charge in [-0.05, 0) is 13.3 Å². The normalized spacial score (nSPS) is 11.9. The van der Waals surface area contributed by atoms with Gasteiger partial charge < -0.3 is 5.73 Å². The van der Waals surface area contributed by atoms with Crippen molar-refractivity contribution in [2.45, 2.75) is 38.3 Å². The molecule has 0 spiro atoms. The Bertz CT molecular complexity index is 689. The first-order chi connectivity index (χ1) is 9.42. The van der Waals surface area contributed by atoms with Crippen LogP contribution in [0.3, 0.4) is 0 Å². The zero-order valence-corrected chi connectivity index (χ0v) is 13.0. The molecule has 110 valence electrons. The minimum atomic E-state index is -3.67. The van der Waals surface area contributed by atoms with Crippen molar-refractivity contribution in [3.63, 3.8) is 0 Å². The van der Waals surface area contributed by atoms with Gasteiger partial charge >= 0.3 is 0 Å². The van der Waals surface area contributed by atoms with Crippen LogP contribution in [0.25, 0.3) is 0 Å². The predicted molar refractivity (Wildman–Crippen MR) is 77.8 cm³/mol. The summed E-state index contributed by atoms with van der Waals surface area (Å²) in [5.41, 5.74) is 5.67. The van der Waals surface area contributed by atoms with Gasteiger partial charge in [0.15, 0.2) is 5.82 Å². The number of rotatable bonds is 6. The van der Waals surface area contributed by atoms with Gasteiger partial charge in [-0.2, -0.15) is 5.10 Å². The highest BCUT2D eigenvalue weighted by atomic mass is 32.2. The molecule has 0 amide bonds. The number of hydrogen-bond donors (Lipinski definition) is 2. The summed E-state index contributed by atoms with van der Waals surface area (Å²) in [6, 6.07) is 0. The van der Waals surface area contributed by atoms with Crippen LogP contribution in [0.2, 0.25) is 0 Å². The van der Waals surface area contributed by atoms with E-state index in [0.29, 0.717) is 11.6 Å². The van der Waals surface area contributed by atoms with Crippen molar-refractivity contribution < 1.29 is 8.42 Å². The van der Waals surface area contributed by atoms with Crippen LogP contribution in [0.15, 0.2) is 17.3 Å². The molecule has 0 saturated heterocycles. The first kappa shape index (κ1) is 14.9. The van der Waals surface area contributed by atoms with Crippen LogP contribution < -0.4 is 10.5 Å². The molecule has 0 radical (unpaired) electrons. The zero-order valence-electron chi connectivity index (χ0n) is 11.3. The Labute approximate surface area is 121 Å². The van der Waals surface area contributed by atoms with E-state index >= 15 is 0 Å². The molecule has 2 aromatic heterocycles. The fourth-order valence-corrected chi connectivity index (χ4v) is 3.56. The van der Waals surface area contributed by atoms with E-state index in [1.165, 1.54) is 22.2 Å². The molecule has 0 saturated carbocycles. The van der Waals surface area contributed by atoms with E-state index in [-0.39, 0.29) is 17.3 Å². The molecule has 0 bridgehead atoms. The Morgan fingerprint density at radius 2 is 2.25 bits per heavy atom. The predicted octanol–water partition coefficient (Wildman–Crippen LogP) is 1.12. The third-order valence-corrected chi connectivity index (χ3v) is 4.91. The number of hydrogen-bond acceptors (Lipinski definition) is 6. The fraction of sp³-hybridized carbons (Fsp3) is 0.455. The van der Waals surface area contributed by atoms with E-state index in [1.807, 2.05) is 13.8 Å². The fourth-order valence-electron chi connectivity index (χ4n) is 1.69. The third kappa shape index (κ3) is 3.35. The first-order valence-electron chi connectivity index (χ1n) is 6.16. The number of thiazole rings is 1. The van der Waals surface area contributed by atoms with Crippen molar-refractivity contribution in [3.8, 4) is 0 Å². The lowest BCUT2D eigenvalue weighted by atomic mass is 10.5. The summed E-state index contributed by atoms with van der Waals surface area (Å²) >= 11 is 1.45. The van der Waals surface area contributed by atoms with E-state index < -0.39 is 10.0 Å². The molecule has 2 heterocycles. The van der Waals surface area contributed by atoms with E-state index in [2.05, 4.69) is 14.8 Å². The van der Waals surface area contributed by atoms with Gasteiger partial charge in [-0.25, -0.2) is 18.1 Å². The van der Waals surface area contributed by atoms with Crippen molar-refractivity contribution in [1.82, 2.24) is 19.5 Å². The van der Waals surface area contributed by atoms with Crippen molar-refractivity contribution in [3.05, 3.63) is 22.3 Å². The maximum atomic E-state index is 12.2. The van der Waals surface area contributed by atoms with Gasteiger partial charge in [-0.15, -0.1) is 11.3 Å². The van der Waals surface area contributed by atoms with E-state index in [0.717, 1.165) is 11.3 Å². The van der Waals surface area contributed by atoms with Crippen LogP contribution >= 0.6 is 11.3 Å². The van der Waals surface area contributed by atoms with Gasteiger partial charge in [0, 0.05) is 23.8 Å². The topological polar surface area (TPSA) is 103 Å². The van der Waals surface area contributed by atoms with Crippen LogP contribution in [0.1, 0.15) is 23.2 Å². The molecule has 2 aromatic rings. The summed E-state index contributed by atoms with van der Waals surface area (Å²) in [4.78, 5) is 5.16. The Balaban J connectivity index is 2.13. The van der Waals surface area contributed by atoms with Crippen molar-refractivity contribution in [2.24, 2.45) is 0 Å². The highest BCUT2D eigenvalue weighted by Crippen LogP contribution is 2.17. The average Bonchev–Trinajstić information content (AvgIpc) is 2.94. The molecule has 0 aromatic carbocycles. The summed E-state index contributed by atoms with van der Waals surface area (Å²) in [6.45, 7) is 4.68. The highest BCUT2D eigenvalue weighted by molar-refractivity contribution is 7.89. The second-order valence-electron chi connectivity index (χ2n) is 4.33. The molecule has 3 N–H and O–H groups in total. The van der Waals surface area contributed by atoms with Gasteiger partial charge in [0.1, 0.15) is 9.90 Å². The summed E-state index contributed by atoms with van der Waals surface area (Å²) in [7, 11) is -3.67. The standard InChI is InChI=1S/C11H17N5O2S2/c1-3-4-16-7-9(11(12)15-16)20(17,18)14-6-10-13-5-8(2)19-10/h5,7,14H,3-4,6H2,1-2H3,(H2,12,15). The number of nitrogens with zero attached hydrogens (tertiary/aromatic N) is 3. The second kappa shape index (κ2) is 5.90. The molecule has 0 fully saturated rings. The van der Waals surface area contributed by atoms with Crippen molar-refractivity contribution >= 4 is 27.2 Å². The quantitative estimate of drug-likeness (QED) is 0.831. The van der Waals surface area contributed by atoms with Crippen LogP contribution in [0.4, 0.5) is 5.82 Å². The van der Waals surface area contributed by atoms with Crippen molar-refractivity contribution in [2.75, 3.05) is 5.73 Å². The van der Waals surface area contributed by atoms with Gasteiger partial charge in [0.25, 0.3) is 0 Å². The molecular formula is C11H17N5O2S2. The van der Waals surface area contributed by atoms with E-state index in [4.69, 9.17) is 5.73 Å². The number of nitrogens with one attached hydrogen (secondary N) is 1. The molecule has 0 atom stereocenters. The number of nitrogens with two attached hydrogens (primary N) is 1. The SMILES string of the molecule is CCCn1cc(S(=O)(=O)NCc2ncc(C)s2)c(N)n1. The molecule has 20 heavy (non-hydrogen) atoms. The third-order valence-electron chi connectivity index (χ3n) is 2.58. The Morgan fingerprint density at radius 1 is 1.50 bits per heavy atom. The number of sulfonamides is 1. The van der Waals surface area contributed by atoms with Crippen LogP contribution in [-0.2, 0) is 23.1 Å². The summed E-state index contributed by atoms with van der Waals surface area (Å²) in [5, 5.41) is 4.70. The second-order valence-corrected chi connectivity index (χ2v) is 7.39. The smallest absolute Gasteiger partial charge is 0.246 e. The van der Waals surface area contributed by atoms with E-state index in [1.54, 1.807) is 6.20 Å². The molecule has 0 aliphatic heterocycles. The Morgan fingerprint density at radius 3 is 2.85 bits per heavy atom. The number of aryl methyl sites for hydroxylation is 2. The first-order valence-corrected chi connectivity index (χ1v) is 8.46. The summed E-state index contributed by atoms with van der Waals surface area (Å²) < 4.78 is 28.4. The molecule has 0 aliphatic carbocycles. The zero-order chi connectivity index (χ0) is 14.8. The summed E-state index contributed by atoms with van der Waals surface area (Å²) in [5.74, 6) is 0.0151. The van der Waals surface area contributed by atoms with Gasteiger partial charge in [-0.3, -0.25) is 4.68 Å². The lowest BCUT2D eigenvalue weighted by Crippen LogP contribution is -2.23. The summed E-state index contributed by atoms with van der Waals surface area (Å²) in [6.07, 6.45) is 4.02. The Kier molecular flexibility index (Phi) is 4.41. The largest absolute Gasteiger partial charge is 0.381 e. The molecule has 2 rings (SSSR count). The van der Waals surface area contributed by atoms with Gasteiger partial charge in [0.2, 0.25) is 10.0 Å². The van der Waals surface area contributed by atoms with Gasteiger partial charge in [-0.1, -0.05) is 6.92 Å². The van der Waals surface area contributed by atoms with Crippen LogP contribution in [0.5, 0.6) is 0 Å². The van der Waals surface area contributed by atoms with Crippen LogP contribution in [-0.4, -0.2) is 23.2 Å². The monoisotopic (exact) mass is 315 g/mol. The van der Waals surface area contributed by atoms with Gasteiger partial charge in [0.05, 0.1) is 6.54 Å². The lowest BCUT2D eigenvalue weighted by molar-refractivity contribution is 0.579. The Hall–Kier alpha value is -1.45. The number of anilines is 1. The average molecular weight is 315 g/mol. The molecule has 0 aliphatic rings.